The van der Waals surface area contributed by atoms with Crippen molar-refractivity contribution in [2.45, 2.75) is 51.1 Å². The second kappa shape index (κ2) is 4.65. The van der Waals surface area contributed by atoms with E-state index < -0.39 is 9.84 Å². The molecule has 2 aliphatic carbocycles. The lowest BCUT2D eigenvalue weighted by atomic mass is 10.0. The molecule has 0 unspecified atom stereocenters. The van der Waals surface area contributed by atoms with Crippen molar-refractivity contribution in [3.8, 4) is 0 Å². The van der Waals surface area contributed by atoms with Crippen LogP contribution in [0, 0.1) is 5.92 Å². The summed E-state index contributed by atoms with van der Waals surface area (Å²) < 4.78 is 22.5. The average Bonchev–Trinajstić information content (AvgIpc) is 2.90. The van der Waals surface area contributed by atoms with Crippen LogP contribution >= 0.6 is 0 Å². The minimum absolute atomic E-state index is 0.326. The van der Waals surface area contributed by atoms with Crippen LogP contribution in [0.3, 0.4) is 0 Å². The summed E-state index contributed by atoms with van der Waals surface area (Å²) in [4.78, 5) is 2.48. The highest BCUT2D eigenvalue weighted by Gasteiger charge is 2.38. The summed E-state index contributed by atoms with van der Waals surface area (Å²) in [5.41, 5.74) is 0. The monoisotopic (exact) mass is 245 g/mol. The van der Waals surface area contributed by atoms with Crippen LogP contribution in [0.4, 0.5) is 0 Å². The van der Waals surface area contributed by atoms with Gasteiger partial charge in [-0.1, -0.05) is 13.3 Å². The predicted octanol–water partition coefficient (Wildman–Crippen LogP) is 1.68. The van der Waals surface area contributed by atoms with Crippen molar-refractivity contribution in [1.29, 1.82) is 0 Å². The van der Waals surface area contributed by atoms with Gasteiger partial charge in [-0.3, -0.25) is 4.90 Å². The Morgan fingerprint density at radius 3 is 2.31 bits per heavy atom. The first-order valence-corrected chi connectivity index (χ1v) is 8.47. The molecule has 2 rings (SSSR count). The normalized spacial score (nSPS) is 31.2. The molecule has 4 heteroatoms. The molecule has 0 amide bonds. The third-order valence-corrected chi connectivity index (χ3v) is 4.90. The minimum atomic E-state index is -2.81. The molecule has 2 saturated carbocycles. The van der Waals surface area contributed by atoms with Gasteiger partial charge in [0, 0.05) is 24.9 Å². The molecule has 16 heavy (non-hydrogen) atoms. The summed E-state index contributed by atoms with van der Waals surface area (Å²) in [6.07, 6.45) is 7.78. The Kier molecular flexibility index (Phi) is 3.59. The van der Waals surface area contributed by atoms with Crippen LogP contribution in [0.25, 0.3) is 0 Å². The van der Waals surface area contributed by atoms with Crippen LogP contribution < -0.4 is 0 Å². The highest BCUT2D eigenvalue weighted by molar-refractivity contribution is 7.90. The molecular weight excluding hydrogens is 222 g/mol. The van der Waals surface area contributed by atoms with Gasteiger partial charge in [-0.2, -0.15) is 0 Å². The van der Waals surface area contributed by atoms with Gasteiger partial charge in [0.2, 0.25) is 0 Å². The van der Waals surface area contributed by atoms with Crippen molar-refractivity contribution in [3.63, 3.8) is 0 Å². The third-order valence-electron chi connectivity index (χ3n) is 3.98. The summed E-state index contributed by atoms with van der Waals surface area (Å²) in [6.45, 7) is 3.06. The second-order valence-electron chi connectivity index (χ2n) is 5.57. The molecule has 0 aromatic carbocycles. The van der Waals surface area contributed by atoms with Crippen LogP contribution in [0.15, 0.2) is 0 Å². The maximum absolute atomic E-state index is 11.2. The topological polar surface area (TPSA) is 37.4 Å². The third kappa shape index (κ3) is 3.20. The zero-order chi connectivity index (χ0) is 11.8. The average molecular weight is 245 g/mol. The molecule has 2 fully saturated rings. The van der Waals surface area contributed by atoms with Gasteiger partial charge in [-0.15, -0.1) is 0 Å². The van der Waals surface area contributed by atoms with E-state index in [0.29, 0.717) is 17.8 Å². The fourth-order valence-electron chi connectivity index (χ4n) is 2.92. The molecule has 0 heterocycles. The van der Waals surface area contributed by atoms with Gasteiger partial charge in [-0.25, -0.2) is 8.42 Å². The Hall–Kier alpha value is -0.0900. The predicted molar refractivity (Wildman–Crippen MR) is 66.2 cm³/mol. The number of nitrogens with zero attached hydrogens (tertiary/aromatic N) is 1. The van der Waals surface area contributed by atoms with E-state index in [9.17, 15) is 8.42 Å². The first-order chi connectivity index (χ1) is 7.47. The van der Waals surface area contributed by atoms with E-state index in [1.54, 1.807) is 0 Å². The Labute approximate surface area is 99.1 Å². The summed E-state index contributed by atoms with van der Waals surface area (Å²) in [5.74, 6) is 1.08. The molecular formula is C12H23NO2S. The van der Waals surface area contributed by atoms with E-state index in [1.165, 1.54) is 38.4 Å². The largest absolute Gasteiger partial charge is 0.296 e. The van der Waals surface area contributed by atoms with E-state index in [1.807, 2.05) is 0 Å². The van der Waals surface area contributed by atoms with Crippen molar-refractivity contribution in [2.75, 3.05) is 18.6 Å². The lowest BCUT2D eigenvalue weighted by Gasteiger charge is -2.31. The first-order valence-electron chi connectivity index (χ1n) is 6.41. The molecule has 0 spiro atoms. The van der Waals surface area contributed by atoms with Crippen molar-refractivity contribution in [1.82, 2.24) is 4.90 Å². The molecule has 2 atom stereocenters. The Morgan fingerprint density at radius 2 is 1.88 bits per heavy atom. The van der Waals surface area contributed by atoms with Crippen molar-refractivity contribution in [2.24, 2.45) is 5.92 Å². The van der Waals surface area contributed by atoms with E-state index in [0.717, 1.165) is 12.5 Å². The van der Waals surface area contributed by atoms with Crippen LogP contribution in [-0.2, 0) is 9.84 Å². The fraction of sp³-hybridized carbons (Fsp3) is 1.00. The van der Waals surface area contributed by atoms with E-state index in [2.05, 4.69) is 11.8 Å². The zero-order valence-electron chi connectivity index (χ0n) is 10.4. The van der Waals surface area contributed by atoms with Crippen LogP contribution in [0.5, 0.6) is 0 Å². The van der Waals surface area contributed by atoms with Crippen LogP contribution in [-0.4, -0.2) is 44.0 Å². The molecule has 0 aromatic rings. The number of sulfone groups is 1. The standard InChI is InChI=1S/C12H23NO2S/c1-10-4-3-5-12(10)13(11-6-7-11)8-9-16(2,14)15/h10-12H,3-9H2,1-2H3/t10-,12+/m1/s1. The van der Waals surface area contributed by atoms with Gasteiger partial charge in [0.05, 0.1) is 5.75 Å². The summed E-state index contributed by atoms with van der Waals surface area (Å²) in [5, 5.41) is 0. The smallest absolute Gasteiger partial charge is 0.148 e. The van der Waals surface area contributed by atoms with E-state index in [4.69, 9.17) is 0 Å². The number of hydrogen-bond acceptors (Lipinski definition) is 3. The molecule has 2 aliphatic rings. The Balaban J connectivity index is 1.94. The van der Waals surface area contributed by atoms with E-state index in [-0.39, 0.29) is 0 Å². The minimum Gasteiger partial charge on any atom is -0.296 e. The van der Waals surface area contributed by atoms with Crippen molar-refractivity contribution < 1.29 is 8.42 Å². The quantitative estimate of drug-likeness (QED) is 0.739. The molecule has 0 bridgehead atoms. The summed E-state index contributed by atoms with van der Waals surface area (Å²) >= 11 is 0. The van der Waals surface area contributed by atoms with Crippen molar-refractivity contribution in [3.05, 3.63) is 0 Å². The van der Waals surface area contributed by atoms with Gasteiger partial charge in [-0.05, 0) is 31.6 Å². The maximum atomic E-state index is 11.2. The highest BCUT2D eigenvalue weighted by atomic mass is 32.2. The highest BCUT2D eigenvalue weighted by Crippen LogP contribution is 2.36. The number of hydrogen-bond donors (Lipinski definition) is 0. The molecule has 0 aromatic heterocycles. The lowest BCUT2D eigenvalue weighted by molar-refractivity contribution is 0.166. The second-order valence-corrected chi connectivity index (χ2v) is 7.83. The molecule has 94 valence electrons. The SMILES string of the molecule is C[C@@H]1CCC[C@@H]1N(CCS(C)(=O)=O)C1CC1. The molecule has 0 aliphatic heterocycles. The van der Waals surface area contributed by atoms with Gasteiger partial charge >= 0.3 is 0 Å². The molecule has 0 radical (unpaired) electrons. The lowest BCUT2D eigenvalue weighted by Crippen LogP contribution is -2.41. The van der Waals surface area contributed by atoms with Crippen molar-refractivity contribution >= 4 is 9.84 Å². The summed E-state index contributed by atoms with van der Waals surface area (Å²) in [6, 6.07) is 1.33. The first kappa shape index (κ1) is 12.4. The zero-order valence-corrected chi connectivity index (χ0v) is 11.2. The van der Waals surface area contributed by atoms with Crippen LogP contribution in [0.1, 0.15) is 39.0 Å². The number of rotatable bonds is 5. The van der Waals surface area contributed by atoms with E-state index >= 15 is 0 Å². The molecule has 0 N–H and O–H groups in total. The van der Waals surface area contributed by atoms with Gasteiger partial charge in [0.15, 0.2) is 0 Å². The van der Waals surface area contributed by atoms with Gasteiger partial charge < -0.3 is 0 Å². The fourth-order valence-corrected chi connectivity index (χ4v) is 3.46. The molecule has 0 saturated heterocycles. The van der Waals surface area contributed by atoms with Gasteiger partial charge in [0.25, 0.3) is 0 Å². The van der Waals surface area contributed by atoms with Crippen LogP contribution in [0.2, 0.25) is 0 Å². The summed E-state index contributed by atoms with van der Waals surface area (Å²) in [7, 11) is -2.81. The Bertz CT molecular complexity index is 335. The molecule has 3 nitrogen and oxygen atoms in total. The van der Waals surface area contributed by atoms with Gasteiger partial charge in [0.1, 0.15) is 9.84 Å². The maximum Gasteiger partial charge on any atom is 0.148 e. The Morgan fingerprint density at radius 1 is 1.19 bits per heavy atom.